The molecule has 9 heteroatoms. The predicted molar refractivity (Wildman–Crippen MR) is 103 cm³/mol. The van der Waals surface area contributed by atoms with Crippen molar-refractivity contribution >= 4 is 11.8 Å². The zero-order chi connectivity index (χ0) is 19.6. The third kappa shape index (κ3) is 5.76. The van der Waals surface area contributed by atoms with Gasteiger partial charge in [-0.2, -0.15) is 0 Å². The highest BCUT2D eigenvalue weighted by Crippen LogP contribution is 2.01. The van der Waals surface area contributed by atoms with Gasteiger partial charge in [-0.3, -0.25) is 9.59 Å². The van der Waals surface area contributed by atoms with Crippen LogP contribution in [0.15, 0.2) is 55.6 Å². The van der Waals surface area contributed by atoms with Crippen molar-refractivity contribution in [2.24, 2.45) is 0 Å². The quantitative estimate of drug-likeness (QED) is 0.512. The summed E-state index contributed by atoms with van der Waals surface area (Å²) in [6, 6.07) is 4.86. The Kier molecular flexibility index (Phi) is 6.89. The number of hydrogen-bond donors (Lipinski definition) is 2. The molecule has 0 bridgehead atoms. The lowest BCUT2D eigenvalue weighted by atomic mass is 10.2. The molecule has 3 aromatic rings. The molecule has 0 atom stereocenters. The highest BCUT2D eigenvalue weighted by Gasteiger charge is 2.11. The summed E-state index contributed by atoms with van der Waals surface area (Å²) in [6.45, 7) is 2.58. The number of aryl methyl sites for hydroxylation is 2. The van der Waals surface area contributed by atoms with Gasteiger partial charge in [-0.15, -0.1) is 0 Å². The second-order valence-electron chi connectivity index (χ2n) is 6.23. The summed E-state index contributed by atoms with van der Waals surface area (Å²) in [6.07, 6.45) is 12.2. The van der Waals surface area contributed by atoms with E-state index < -0.39 is 0 Å². The zero-order valence-corrected chi connectivity index (χ0v) is 15.5. The largest absolute Gasteiger partial charge is 0.351 e. The first-order valence-corrected chi connectivity index (χ1v) is 9.17. The maximum atomic E-state index is 12.2. The van der Waals surface area contributed by atoms with Gasteiger partial charge in [0, 0.05) is 51.0 Å². The van der Waals surface area contributed by atoms with Crippen LogP contribution >= 0.6 is 0 Å². The molecule has 0 aliphatic heterocycles. The number of aromatic nitrogens is 5. The van der Waals surface area contributed by atoms with Crippen LogP contribution in [0.5, 0.6) is 0 Å². The van der Waals surface area contributed by atoms with Crippen molar-refractivity contribution in [3.63, 3.8) is 0 Å². The number of rotatable bonds is 10. The molecule has 0 saturated carbocycles. The molecular formula is C19H23N7O2. The van der Waals surface area contributed by atoms with Crippen molar-refractivity contribution < 1.29 is 9.59 Å². The van der Waals surface area contributed by atoms with Gasteiger partial charge in [0.15, 0.2) is 0 Å². The van der Waals surface area contributed by atoms with Gasteiger partial charge in [0.05, 0.1) is 12.7 Å². The number of pyridine rings is 1. The Morgan fingerprint density at radius 1 is 0.821 bits per heavy atom. The summed E-state index contributed by atoms with van der Waals surface area (Å²) in [7, 11) is 0. The topological polar surface area (TPSA) is 107 Å². The Labute approximate surface area is 162 Å². The lowest BCUT2D eigenvalue weighted by Crippen LogP contribution is -2.29. The molecule has 0 radical (unpaired) electrons. The zero-order valence-electron chi connectivity index (χ0n) is 15.5. The van der Waals surface area contributed by atoms with E-state index >= 15 is 0 Å². The van der Waals surface area contributed by atoms with Gasteiger partial charge in [0.2, 0.25) is 0 Å². The maximum absolute atomic E-state index is 12.2. The van der Waals surface area contributed by atoms with Crippen molar-refractivity contribution in [1.82, 2.24) is 34.7 Å². The first-order chi connectivity index (χ1) is 13.7. The van der Waals surface area contributed by atoms with Gasteiger partial charge in [-0.25, -0.2) is 15.0 Å². The number of nitrogens with one attached hydrogen (secondary N) is 2. The fraction of sp³-hybridized carbons (Fsp3) is 0.316. The molecule has 146 valence electrons. The Balaban J connectivity index is 1.41. The van der Waals surface area contributed by atoms with E-state index in [1.807, 2.05) is 21.5 Å². The van der Waals surface area contributed by atoms with E-state index in [1.54, 1.807) is 43.2 Å². The van der Waals surface area contributed by atoms with E-state index in [4.69, 9.17) is 0 Å². The lowest BCUT2D eigenvalue weighted by molar-refractivity contribution is 0.0943. The first kappa shape index (κ1) is 19.3. The van der Waals surface area contributed by atoms with Crippen molar-refractivity contribution in [2.45, 2.75) is 25.9 Å². The smallest absolute Gasteiger partial charge is 0.269 e. The van der Waals surface area contributed by atoms with Gasteiger partial charge in [-0.1, -0.05) is 6.07 Å². The molecule has 0 aliphatic carbocycles. The molecule has 2 N–H and O–H groups in total. The van der Waals surface area contributed by atoms with Gasteiger partial charge in [0.1, 0.15) is 11.4 Å². The number of carbonyl (C=O) groups is 2. The molecule has 9 nitrogen and oxygen atoms in total. The first-order valence-electron chi connectivity index (χ1n) is 9.17. The highest BCUT2D eigenvalue weighted by molar-refractivity contribution is 5.96. The molecule has 28 heavy (non-hydrogen) atoms. The minimum atomic E-state index is -0.291. The molecule has 0 aliphatic rings. The number of imidazole rings is 2. The van der Waals surface area contributed by atoms with Crippen LogP contribution in [0.2, 0.25) is 0 Å². The summed E-state index contributed by atoms with van der Waals surface area (Å²) in [5.41, 5.74) is 0.461. The van der Waals surface area contributed by atoms with Crippen LogP contribution in [0.1, 0.15) is 33.8 Å². The number of nitrogens with zero attached hydrogens (tertiary/aromatic N) is 5. The van der Waals surface area contributed by atoms with Gasteiger partial charge < -0.3 is 19.8 Å². The second kappa shape index (κ2) is 10.0. The third-order valence-electron chi connectivity index (χ3n) is 4.09. The SMILES string of the molecule is O=C(NCCCn1ccnc1)c1cccc(C(=O)NCCCn2ccnc2)n1. The van der Waals surface area contributed by atoms with E-state index in [2.05, 4.69) is 25.6 Å². The predicted octanol–water partition coefficient (Wildman–Crippen LogP) is 1.11. The van der Waals surface area contributed by atoms with Crippen LogP contribution in [0.4, 0.5) is 0 Å². The average molecular weight is 381 g/mol. The van der Waals surface area contributed by atoms with Crippen molar-refractivity contribution in [1.29, 1.82) is 0 Å². The van der Waals surface area contributed by atoms with Crippen LogP contribution in [0.25, 0.3) is 0 Å². The van der Waals surface area contributed by atoms with Gasteiger partial charge >= 0.3 is 0 Å². The van der Waals surface area contributed by atoms with Crippen LogP contribution in [0, 0.1) is 0 Å². The fourth-order valence-electron chi connectivity index (χ4n) is 2.63. The van der Waals surface area contributed by atoms with Crippen LogP contribution in [-0.2, 0) is 13.1 Å². The normalized spacial score (nSPS) is 10.6. The molecule has 0 saturated heterocycles. The van der Waals surface area contributed by atoms with Crippen molar-refractivity contribution in [3.8, 4) is 0 Å². The molecule has 0 aromatic carbocycles. The maximum Gasteiger partial charge on any atom is 0.269 e. The molecule has 3 rings (SSSR count). The van der Waals surface area contributed by atoms with E-state index in [0.717, 1.165) is 25.9 Å². The molecule has 2 amide bonds. The molecular weight excluding hydrogens is 358 g/mol. The Bertz CT molecular complexity index is 806. The summed E-state index contributed by atoms with van der Waals surface area (Å²) in [5.74, 6) is -0.583. The molecule has 3 aromatic heterocycles. The monoisotopic (exact) mass is 381 g/mol. The van der Waals surface area contributed by atoms with E-state index in [1.165, 1.54) is 0 Å². The van der Waals surface area contributed by atoms with Crippen LogP contribution < -0.4 is 10.6 Å². The number of hydrogen-bond acceptors (Lipinski definition) is 5. The summed E-state index contributed by atoms with van der Waals surface area (Å²) < 4.78 is 3.89. The number of carbonyl (C=O) groups excluding carboxylic acids is 2. The minimum absolute atomic E-state index is 0.230. The van der Waals surface area contributed by atoms with Gasteiger partial charge in [0.25, 0.3) is 11.8 Å². The molecule has 0 fully saturated rings. The molecule has 0 spiro atoms. The lowest BCUT2D eigenvalue weighted by Gasteiger charge is -2.08. The summed E-state index contributed by atoms with van der Waals surface area (Å²) in [5, 5.41) is 5.64. The van der Waals surface area contributed by atoms with Crippen LogP contribution in [0.3, 0.4) is 0 Å². The fourth-order valence-corrected chi connectivity index (χ4v) is 2.63. The standard InChI is InChI=1S/C19H23N7O2/c27-18(22-6-2-10-25-12-8-20-14-25)16-4-1-5-17(24-16)19(28)23-7-3-11-26-13-9-21-15-26/h1,4-5,8-9,12-15H,2-3,6-7,10-11H2,(H,22,27)(H,23,28). The van der Waals surface area contributed by atoms with E-state index in [9.17, 15) is 9.59 Å². The van der Waals surface area contributed by atoms with E-state index in [-0.39, 0.29) is 23.2 Å². The van der Waals surface area contributed by atoms with Gasteiger partial charge in [-0.05, 0) is 25.0 Å². The minimum Gasteiger partial charge on any atom is -0.351 e. The Morgan fingerprint density at radius 3 is 1.75 bits per heavy atom. The second-order valence-corrected chi connectivity index (χ2v) is 6.23. The Morgan fingerprint density at radius 2 is 1.32 bits per heavy atom. The number of amides is 2. The highest BCUT2D eigenvalue weighted by atomic mass is 16.2. The van der Waals surface area contributed by atoms with Crippen molar-refractivity contribution in [3.05, 3.63) is 67.0 Å². The summed E-state index contributed by atoms with van der Waals surface area (Å²) in [4.78, 5) is 36.6. The van der Waals surface area contributed by atoms with Crippen molar-refractivity contribution in [2.75, 3.05) is 13.1 Å². The Hall–Kier alpha value is -3.49. The average Bonchev–Trinajstić information content (AvgIpc) is 3.42. The molecule has 3 heterocycles. The van der Waals surface area contributed by atoms with E-state index in [0.29, 0.717) is 13.1 Å². The summed E-state index contributed by atoms with van der Waals surface area (Å²) >= 11 is 0. The third-order valence-corrected chi connectivity index (χ3v) is 4.09. The molecule has 0 unspecified atom stereocenters. The van der Waals surface area contributed by atoms with Crippen LogP contribution in [-0.4, -0.2) is 49.0 Å².